The van der Waals surface area contributed by atoms with Gasteiger partial charge in [0, 0.05) is 28.3 Å². The summed E-state index contributed by atoms with van der Waals surface area (Å²) in [5.74, 6) is 0. The second-order valence-corrected chi connectivity index (χ2v) is 8.17. The Hall–Kier alpha value is -4.31. The smallest absolute Gasteiger partial charge is 0.0907 e. The molecule has 180 valence electrons. The van der Waals surface area contributed by atoms with Crippen molar-refractivity contribution >= 4 is 41.2 Å². The van der Waals surface area contributed by atoms with Crippen molar-refractivity contribution in [1.82, 2.24) is 0 Å². The Labute approximate surface area is 210 Å². The maximum absolute atomic E-state index is 7.78. The Kier molecular flexibility index (Phi) is 10.3. The third-order valence-electron chi connectivity index (χ3n) is 5.39. The van der Waals surface area contributed by atoms with E-state index in [1.54, 1.807) is 23.1 Å². The SMILES string of the molecule is C=C/C=C/c1ccc(C(=C)N(C=N)c2ccc(C=C)cc2)c(C)c1.CCCc1cc(N)cc(N)c1. The minimum absolute atomic E-state index is 0.758. The van der Waals surface area contributed by atoms with Crippen LogP contribution in [0.2, 0.25) is 0 Å². The average Bonchev–Trinajstić information content (AvgIpc) is 2.83. The lowest BCUT2D eigenvalue weighted by atomic mass is 10.0. The lowest BCUT2D eigenvalue weighted by Gasteiger charge is -2.23. The summed E-state index contributed by atoms with van der Waals surface area (Å²) in [6, 6.07) is 19.8. The van der Waals surface area contributed by atoms with E-state index in [0.29, 0.717) is 0 Å². The topological polar surface area (TPSA) is 79.1 Å². The van der Waals surface area contributed by atoms with Gasteiger partial charge < -0.3 is 16.4 Å². The fraction of sp³-hybridized carbons (Fsp3) is 0.129. The Morgan fingerprint density at radius 3 is 2.09 bits per heavy atom. The van der Waals surface area contributed by atoms with E-state index in [2.05, 4.69) is 39.7 Å². The van der Waals surface area contributed by atoms with Crippen molar-refractivity contribution < 1.29 is 0 Å². The van der Waals surface area contributed by atoms with Crippen molar-refractivity contribution in [1.29, 1.82) is 5.41 Å². The van der Waals surface area contributed by atoms with Gasteiger partial charge in [-0.05, 0) is 65.9 Å². The summed E-state index contributed by atoms with van der Waals surface area (Å²) in [5.41, 5.74) is 19.9. The molecule has 0 atom stereocenters. The van der Waals surface area contributed by atoms with Gasteiger partial charge in [-0.15, -0.1) is 0 Å². The molecule has 4 heteroatoms. The van der Waals surface area contributed by atoms with E-state index in [1.807, 2.05) is 60.7 Å². The summed E-state index contributed by atoms with van der Waals surface area (Å²) >= 11 is 0. The van der Waals surface area contributed by atoms with E-state index < -0.39 is 0 Å². The van der Waals surface area contributed by atoms with Crippen LogP contribution in [0, 0.1) is 12.3 Å². The monoisotopic (exact) mass is 464 g/mol. The minimum Gasteiger partial charge on any atom is -0.399 e. The third kappa shape index (κ3) is 7.90. The summed E-state index contributed by atoms with van der Waals surface area (Å²) < 4.78 is 0. The number of allylic oxidation sites excluding steroid dienone is 2. The first-order valence-corrected chi connectivity index (χ1v) is 11.6. The van der Waals surface area contributed by atoms with Gasteiger partial charge in [0.1, 0.15) is 0 Å². The normalized spacial score (nSPS) is 10.2. The van der Waals surface area contributed by atoms with Crippen LogP contribution in [0.5, 0.6) is 0 Å². The largest absolute Gasteiger partial charge is 0.399 e. The second-order valence-electron chi connectivity index (χ2n) is 8.17. The van der Waals surface area contributed by atoms with Crippen LogP contribution < -0.4 is 16.4 Å². The first kappa shape index (κ1) is 26.9. The predicted molar refractivity (Wildman–Crippen MR) is 157 cm³/mol. The molecule has 0 aromatic heterocycles. The number of hydrogen-bond acceptors (Lipinski definition) is 3. The lowest BCUT2D eigenvalue weighted by molar-refractivity contribution is 0.923. The molecule has 0 radical (unpaired) electrons. The third-order valence-corrected chi connectivity index (χ3v) is 5.39. The first-order valence-electron chi connectivity index (χ1n) is 11.6. The molecule has 3 rings (SSSR count). The number of aryl methyl sites for hydroxylation is 2. The van der Waals surface area contributed by atoms with E-state index in [9.17, 15) is 0 Å². The number of nitrogens with two attached hydrogens (primary N) is 2. The molecule has 0 saturated carbocycles. The maximum Gasteiger partial charge on any atom is 0.0907 e. The number of anilines is 3. The summed E-state index contributed by atoms with van der Waals surface area (Å²) in [5, 5.41) is 7.78. The number of nitrogens with zero attached hydrogens (tertiary/aromatic N) is 1. The molecule has 35 heavy (non-hydrogen) atoms. The van der Waals surface area contributed by atoms with Crippen LogP contribution in [0.3, 0.4) is 0 Å². The minimum atomic E-state index is 0.758. The summed E-state index contributed by atoms with van der Waals surface area (Å²) in [7, 11) is 0. The van der Waals surface area contributed by atoms with Gasteiger partial charge in [-0.1, -0.05) is 87.7 Å². The van der Waals surface area contributed by atoms with Crippen molar-refractivity contribution in [3.8, 4) is 0 Å². The number of benzene rings is 3. The number of nitrogens with one attached hydrogen (secondary N) is 1. The van der Waals surface area contributed by atoms with Crippen LogP contribution in [0.1, 0.15) is 41.2 Å². The van der Waals surface area contributed by atoms with Gasteiger partial charge in [-0.25, -0.2) is 0 Å². The second kappa shape index (κ2) is 13.4. The molecule has 0 unspecified atom stereocenters. The molecule has 3 aromatic rings. The van der Waals surface area contributed by atoms with E-state index in [-0.39, 0.29) is 0 Å². The molecule has 0 spiro atoms. The van der Waals surface area contributed by atoms with Crippen molar-refractivity contribution in [2.75, 3.05) is 16.4 Å². The Bertz CT molecular complexity index is 1180. The zero-order chi connectivity index (χ0) is 25.8. The molecule has 0 heterocycles. The van der Waals surface area contributed by atoms with Crippen LogP contribution in [-0.4, -0.2) is 6.34 Å². The van der Waals surface area contributed by atoms with Crippen molar-refractivity contribution in [2.24, 2.45) is 0 Å². The van der Waals surface area contributed by atoms with Crippen LogP contribution in [0.15, 0.2) is 92.6 Å². The van der Waals surface area contributed by atoms with Gasteiger partial charge in [0.2, 0.25) is 0 Å². The lowest BCUT2D eigenvalue weighted by Crippen LogP contribution is -2.18. The average molecular weight is 465 g/mol. The van der Waals surface area contributed by atoms with E-state index in [4.69, 9.17) is 16.9 Å². The molecule has 0 aliphatic carbocycles. The fourth-order valence-electron chi connectivity index (χ4n) is 3.68. The highest BCUT2D eigenvalue weighted by atomic mass is 15.1. The fourth-order valence-corrected chi connectivity index (χ4v) is 3.68. The van der Waals surface area contributed by atoms with Crippen molar-refractivity contribution in [3.63, 3.8) is 0 Å². The standard InChI is InChI=1S/C22H22N2.C9H14N2/c1-5-7-8-20-11-14-22(17(3)15-20)18(4)24(16-23)21-12-9-19(6-2)10-13-21;1-2-3-7-4-8(10)6-9(11)5-7/h5-16,23H,1-2,4H2,3H3;4-6H,2-3,10-11H2,1H3/b8-7+,23-16?;. The number of nitrogen functional groups attached to an aromatic ring is 2. The zero-order valence-corrected chi connectivity index (χ0v) is 20.8. The van der Waals surface area contributed by atoms with E-state index in [1.165, 1.54) is 11.9 Å². The maximum atomic E-state index is 7.78. The van der Waals surface area contributed by atoms with Crippen LogP contribution in [0.4, 0.5) is 17.1 Å². The molecule has 0 aliphatic rings. The van der Waals surface area contributed by atoms with E-state index >= 15 is 0 Å². The molecule has 3 aromatic carbocycles. The molecule has 0 amide bonds. The summed E-state index contributed by atoms with van der Waals surface area (Å²) in [4.78, 5) is 1.77. The Balaban J connectivity index is 0.000000328. The van der Waals surface area contributed by atoms with Gasteiger partial charge in [0.05, 0.1) is 6.34 Å². The quantitative estimate of drug-likeness (QED) is 0.131. The van der Waals surface area contributed by atoms with Crippen LogP contribution >= 0.6 is 0 Å². The number of hydrogen-bond donors (Lipinski definition) is 3. The van der Waals surface area contributed by atoms with Gasteiger partial charge in [0.15, 0.2) is 0 Å². The van der Waals surface area contributed by atoms with Gasteiger partial charge in [0.25, 0.3) is 0 Å². The zero-order valence-electron chi connectivity index (χ0n) is 20.8. The van der Waals surface area contributed by atoms with Gasteiger partial charge in [-0.3, -0.25) is 5.41 Å². The van der Waals surface area contributed by atoms with Gasteiger partial charge >= 0.3 is 0 Å². The van der Waals surface area contributed by atoms with Gasteiger partial charge in [-0.2, -0.15) is 0 Å². The predicted octanol–water partition coefficient (Wildman–Crippen LogP) is 7.73. The molecule has 0 saturated heterocycles. The molecule has 0 aliphatic heterocycles. The molecular formula is C31H36N4. The highest BCUT2D eigenvalue weighted by Crippen LogP contribution is 2.27. The highest BCUT2D eigenvalue weighted by Gasteiger charge is 2.12. The molecule has 0 bridgehead atoms. The van der Waals surface area contributed by atoms with Crippen LogP contribution in [-0.2, 0) is 6.42 Å². The van der Waals surface area contributed by atoms with Crippen LogP contribution in [0.25, 0.3) is 17.8 Å². The Morgan fingerprint density at radius 1 is 0.943 bits per heavy atom. The Morgan fingerprint density at radius 2 is 1.57 bits per heavy atom. The van der Waals surface area contributed by atoms with Crippen molar-refractivity contribution in [3.05, 3.63) is 120 Å². The summed E-state index contributed by atoms with van der Waals surface area (Å²) in [6.07, 6.45) is 10.9. The first-order chi connectivity index (χ1) is 16.8. The van der Waals surface area contributed by atoms with Crippen molar-refractivity contribution in [2.45, 2.75) is 26.7 Å². The highest BCUT2D eigenvalue weighted by molar-refractivity contribution is 5.96. The van der Waals surface area contributed by atoms with E-state index in [0.717, 1.165) is 57.9 Å². The summed E-state index contributed by atoms with van der Waals surface area (Å²) in [6.45, 7) is 15.8. The molecule has 0 fully saturated rings. The molecular weight excluding hydrogens is 428 g/mol. The number of rotatable bonds is 9. The molecule has 5 N–H and O–H groups in total. The molecule has 4 nitrogen and oxygen atoms in total.